The number of aryl methyl sites for hydroxylation is 1. The lowest BCUT2D eigenvalue weighted by atomic mass is 10.1. The summed E-state index contributed by atoms with van der Waals surface area (Å²) in [6.45, 7) is 3.20. The summed E-state index contributed by atoms with van der Waals surface area (Å²) in [4.78, 5) is 8.31. The van der Waals surface area contributed by atoms with Crippen molar-refractivity contribution >= 4 is 23.2 Å². The largest absolute Gasteiger partial charge is 0.418 e. The quantitative estimate of drug-likeness (QED) is 0.502. The molecule has 0 atom stereocenters. The Morgan fingerprint density at radius 3 is 2.68 bits per heavy atom. The molecule has 31 heavy (non-hydrogen) atoms. The number of ether oxygens (including phenoxy) is 1. The van der Waals surface area contributed by atoms with Crippen LogP contribution in [0.5, 0.6) is 0 Å². The lowest BCUT2D eigenvalue weighted by Crippen LogP contribution is -2.28. The van der Waals surface area contributed by atoms with Gasteiger partial charge >= 0.3 is 6.18 Å². The van der Waals surface area contributed by atoms with Gasteiger partial charge in [-0.25, -0.2) is 0 Å². The molecule has 2 aromatic heterocycles. The van der Waals surface area contributed by atoms with Gasteiger partial charge in [-0.2, -0.15) is 13.2 Å². The van der Waals surface area contributed by atoms with Crippen LogP contribution in [0.1, 0.15) is 43.1 Å². The minimum atomic E-state index is -4.61. The number of nitrogens with zero attached hydrogens (tertiary/aromatic N) is 2. The van der Waals surface area contributed by atoms with E-state index in [0.29, 0.717) is 24.6 Å². The number of halogens is 3. The summed E-state index contributed by atoms with van der Waals surface area (Å²) in [5.41, 5.74) is 0.717. The second kappa shape index (κ2) is 10.4. The molecule has 166 valence electrons. The Morgan fingerprint density at radius 2 is 2.00 bits per heavy atom. The van der Waals surface area contributed by atoms with E-state index in [1.54, 1.807) is 12.3 Å². The SMILES string of the molecule is CCCc1cc(N/C=C(\C=N)c2ncc(NC3CCOCC3)cc2C(F)(F)F)ccn1. The molecule has 2 aromatic rings. The van der Waals surface area contributed by atoms with E-state index < -0.39 is 11.7 Å². The fourth-order valence-corrected chi connectivity index (χ4v) is 3.37. The molecule has 0 aliphatic carbocycles. The van der Waals surface area contributed by atoms with Crippen LogP contribution in [0.25, 0.3) is 5.57 Å². The van der Waals surface area contributed by atoms with E-state index in [9.17, 15) is 13.2 Å². The molecule has 3 heterocycles. The monoisotopic (exact) mass is 433 g/mol. The third-order valence-corrected chi connectivity index (χ3v) is 4.93. The van der Waals surface area contributed by atoms with Crippen LogP contribution < -0.4 is 10.6 Å². The lowest BCUT2D eigenvalue weighted by molar-refractivity contribution is -0.138. The molecule has 0 spiro atoms. The Balaban J connectivity index is 1.86. The van der Waals surface area contributed by atoms with Gasteiger partial charge in [0.05, 0.1) is 23.1 Å². The summed E-state index contributed by atoms with van der Waals surface area (Å²) < 4.78 is 46.6. The van der Waals surface area contributed by atoms with Crippen LogP contribution in [-0.4, -0.2) is 35.4 Å². The highest BCUT2D eigenvalue weighted by Gasteiger charge is 2.35. The summed E-state index contributed by atoms with van der Waals surface area (Å²) in [5.74, 6) is 0. The molecule has 6 nitrogen and oxygen atoms in total. The van der Waals surface area contributed by atoms with Crippen molar-refractivity contribution in [2.75, 3.05) is 23.8 Å². The zero-order chi connectivity index (χ0) is 22.3. The summed E-state index contributed by atoms with van der Waals surface area (Å²) in [6, 6.07) is 4.66. The first-order valence-electron chi connectivity index (χ1n) is 10.2. The number of alkyl halides is 3. The number of anilines is 2. The van der Waals surface area contributed by atoms with Crippen molar-refractivity contribution in [2.24, 2.45) is 0 Å². The van der Waals surface area contributed by atoms with Gasteiger partial charge in [-0.15, -0.1) is 0 Å². The van der Waals surface area contributed by atoms with Crippen LogP contribution in [0.2, 0.25) is 0 Å². The van der Waals surface area contributed by atoms with Gasteiger partial charge in [0.25, 0.3) is 0 Å². The lowest BCUT2D eigenvalue weighted by Gasteiger charge is -2.24. The fraction of sp³-hybridized carbons (Fsp3) is 0.409. The third kappa shape index (κ3) is 6.27. The maximum atomic E-state index is 13.8. The molecular formula is C22H26F3N5O. The first kappa shape index (κ1) is 22.7. The van der Waals surface area contributed by atoms with Crippen molar-refractivity contribution in [3.05, 3.63) is 53.7 Å². The van der Waals surface area contributed by atoms with Gasteiger partial charge < -0.3 is 20.8 Å². The van der Waals surface area contributed by atoms with Crippen LogP contribution in [0.4, 0.5) is 24.5 Å². The average Bonchev–Trinajstić information content (AvgIpc) is 2.75. The van der Waals surface area contributed by atoms with Gasteiger partial charge in [0.2, 0.25) is 0 Å². The van der Waals surface area contributed by atoms with Crippen molar-refractivity contribution in [2.45, 2.75) is 44.8 Å². The number of pyridine rings is 2. The number of rotatable bonds is 8. The van der Waals surface area contributed by atoms with E-state index in [4.69, 9.17) is 10.1 Å². The first-order valence-corrected chi connectivity index (χ1v) is 10.2. The molecule has 1 saturated heterocycles. The summed E-state index contributed by atoms with van der Waals surface area (Å²) in [5, 5.41) is 13.7. The van der Waals surface area contributed by atoms with Crippen molar-refractivity contribution in [3.63, 3.8) is 0 Å². The van der Waals surface area contributed by atoms with E-state index in [1.165, 1.54) is 12.4 Å². The highest BCUT2D eigenvalue weighted by Crippen LogP contribution is 2.35. The van der Waals surface area contributed by atoms with Crippen LogP contribution in [0.3, 0.4) is 0 Å². The smallest absolute Gasteiger partial charge is 0.381 e. The molecule has 0 radical (unpaired) electrons. The molecule has 0 saturated carbocycles. The Kier molecular flexibility index (Phi) is 7.62. The number of hydrogen-bond donors (Lipinski definition) is 3. The summed E-state index contributed by atoms with van der Waals surface area (Å²) in [7, 11) is 0. The highest BCUT2D eigenvalue weighted by molar-refractivity contribution is 6.08. The predicted octanol–water partition coefficient (Wildman–Crippen LogP) is 5.14. The van der Waals surface area contributed by atoms with Crippen LogP contribution >= 0.6 is 0 Å². The molecule has 0 bridgehead atoms. The number of aromatic nitrogens is 2. The molecule has 0 amide bonds. The molecule has 3 rings (SSSR count). The zero-order valence-corrected chi connectivity index (χ0v) is 17.3. The summed E-state index contributed by atoms with van der Waals surface area (Å²) >= 11 is 0. The molecular weight excluding hydrogens is 407 g/mol. The maximum absolute atomic E-state index is 13.8. The summed E-state index contributed by atoms with van der Waals surface area (Å²) in [6.07, 6.45) is 3.83. The second-order valence-corrected chi connectivity index (χ2v) is 7.32. The molecule has 9 heteroatoms. The van der Waals surface area contributed by atoms with Crippen LogP contribution in [-0.2, 0) is 17.3 Å². The molecule has 0 unspecified atom stereocenters. The standard InChI is InChI=1S/C22H26F3N5O/c1-2-3-17-10-18(4-7-27-17)28-13-15(12-26)21-20(22(23,24)25)11-19(14-29-21)30-16-5-8-31-9-6-16/h4,7,10-14,16,26,30H,2-3,5-6,8-9H2,1H3,(H,27,28)/b15-13+,26-12?. The predicted molar refractivity (Wildman–Crippen MR) is 115 cm³/mol. The van der Waals surface area contributed by atoms with E-state index in [-0.39, 0.29) is 17.3 Å². The Hall–Kier alpha value is -2.94. The van der Waals surface area contributed by atoms with Gasteiger partial charge in [-0.1, -0.05) is 13.3 Å². The van der Waals surface area contributed by atoms with Gasteiger partial charge in [-0.05, 0) is 37.5 Å². The van der Waals surface area contributed by atoms with E-state index in [2.05, 4.69) is 20.6 Å². The van der Waals surface area contributed by atoms with Crippen molar-refractivity contribution < 1.29 is 17.9 Å². The number of hydrogen-bond acceptors (Lipinski definition) is 6. The second-order valence-electron chi connectivity index (χ2n) is 7.32. The van der Waals surface area contributed by atoms with Gasteiger partial charge in [0, 0.05) is 54.8 Å². The van der Waals surface area contributed by atoms with E-state index in [1.807, 2.05) is 13.0 Å². The van der Waals surface area contributed by atoms with Gasteiger partial charge in [0.15, 0.2) is 0 Å². The van der Waals surface area contributed by atoms with Crippen molar-refractivity contribution in [3.8, 4) is 0 Å². The molecule has 3 N–H and O–H groups in total. The molecule has 0 aromatic carbocycles. The number of nitrogens with one attached hydrogen (secondary N) is 3. The van der Waals surface area contributed by atoms with E-state index in [0.717, 1.165) is 43.7 Å². The van der Waals surface area contributed by atoms with Gasteiger partial charge in [0.1, 0.15) is 0 Å². The molecule has 1 aliphatic heterocycles. The van der Waals surface area contributed by atoms with Crippen molar-refractivity contribution in [1.82, 2.24) is 9.97 Å². The highest BCUT2D eigenvalue weighted by atomic mass is 19.4. The minimum Gasteiger partial charge on any atom is -0.381 e. The Bertz CT molecular complexity index is 924. The maximum Gasteiger partial charge on any atom is 0.418 e. The van der Waals surface area contributed by atoms with Crippen LogP contribution in [0.15, 0.2) is 36.8 Å². The normalized spacial score (nSPS) is 15.5. The van der Waals surface area contributed by atoms with Crippen molar-refractivity contribution in [1.29, 1.82) is 5.41 Å². The zero-order valence-electron chi connectivity index (χ0n) is 17.3. The topological polar surface area (TPSA) is 82.9 Å². The van der Waals surface area contributed by atoms with E-state index >= 15 is 0 Å². The first-order chi connectivity index (χ1) is 14.9. The Morgan fingerprint density at radius 1 is 1.23 bits per heavy atom. The Labute approximate surface area is 179 Å². The minimum absolute atomic E-state index is 0.0267. The number of allylic oxidation sites excluding steroid dienone is 1. The fourth-order valence-electron chi connectivity index (χ4n) is 3.37. The molecule has 1 fully saturated rings. The van der Waals surface area contributed by atoms with Crippen LogP contribution in [0, 0.1) is 5.41 Å². The molecule has 1 aliphatic rings. The third-order valence-electron chi connectivity index (χ3n) is 4.93. The van der Waals surface area contributed by atoms with Gasteiger partial charge in [-0.3, -0.25) is 9.97 Å². The average molecular weight is 433 g/mol.